The van der Waals surface area contributed by atoms with E-state index in [9.17, 15) is 4.79 Å². The molecule has 6 heteroatoms. The van der Waals surface area contributed by atoms with E-state index in [4.69, 9.17) is 16.3 Å². The Balaban J connectivity index is 2.18. The fourth-order valence-electron chi connectivity index (χ4n) is 2.56. The number of nitrogens with one attached hydrogen (secondary N) is 1. The van der Waals surface area contributed by atoms with Gasteiger partial charge in [0.15, 0.2) is 0 Å². The normalized spacial score (nSPS) is 12.2. The maximum atomic E-state index is 12.7. The molecule has 2 aromatic rings. The van der Waals surface area contributed by atoms with Crippen molar-refractivity contribution in [3.05, 3.63) is 51.8 Å². The van der Waals surface area contributed by atoms with Crippen LogP contribution in [0.4, 0.5) is 0 Å². The highest BCUT2D eigenvalue weighted by Crippen LogP contribution is 2.23. The fourth-order valence-corrected chi connectivity index (χ4v) is 2.68. The van der Waals surface area contributed by atoms with Crippen LogP contribution in [0, 0.1) is 13.8 Å². The SMILES string of the molecule is COC[C@@H](c1ccc(Cl)cc1)N(C)C(=O)Cc1c(C)n[nH]c1C. The average Bonchev–Trinajstić information content (AvgIpc) is 2.85. The first-order valence-electron chi connectivity index (χ1n) is 7.44. The first-order chi connectivity index (χ1) is 10.9. The third-order valence-electron chi connectivity index (χ3n) is 4.05. The average molecular weight is 336 g/mol. The van der Waals surface area contributed by atoms with Crippen molar-refractivity contribution in [3.8, 4) is 0 Å². The largest absolute Gasteiger partial charge is 0.382 e. The lowest BCUT2D eigenvalue weighted by molar-refractivity contribution is -0.132. The summed E-state index contributed by atoms with van der Waals surface area (Å²) in [5, 5.41) is 7.73. The number of rotatable bonds is 6. The van der Waals surface area contributed by atoms with E-state index in [1.807, 2.05) is 38.1 Å². The number of H-pyrrole nitrogens is 1. The Bertz CT molecular complexity index is 647. The number of carbonyl (C=O) groups excluding carboxylic acids is 1. The van der Waals surface area contributed by atoms with Crippen molar-refractivity contribution in [2.45, 2.75) is 26.3 Å². The van der Waals surface area contributed by atoms with E-state index < -0.39 is 0 Å². The van der Waals surface area contributed by atoms with Gasteiger partial charge in [-0.25, -0.2) is 0 Å². The van der Waals surface area contributed by atoms with Crippen LogP contribution in [0.1, 0.15) is 28.6 Å². The predicted molar refractivity (Wildman–Crippen MR) is 90.6 cm³/mol. The smallest absolute Gasteiger partial charge is 0.227 e. The number of aromatic nitrogens is 2. The molecule has 0 radical (unpaired) electrons. The van der Waals surface area contributed by atoms with Crippen molar-refractivity contribution in [2.24, 2.45) is 0 Å². The van der Waals surface area contributed by atoms with E-state index in [2.05, 4.69) is 10.2 Å². The lowest BCUT2D eigenvalue weighted by atomic mass is 10.0. The molecule has 23 heavy (non-hydrogen) atoms. The first-order valence-corrected chi connectivity index (χ1v) is 7.82. The third-order valence-corrected chi connectivity index (χ3v) is 4.30. The van der Waals surface area contributed by atoms with Crippen LogP contribution in [0.15, 0.2) is 24.3 Å². The third kappa shape index (κ3) is 4.12. The number of likely N-dealkylation sites (N-methyl/N-ethyl adjacent to an activating group) is 1. The number of hydrogen-bond donors (Lipinski definition) is 1. The van der Waals surface area contributed by atoms with E-state index in [-0.39, 0.29) is 11.9 Å². The summed E-state index contributed by atoms with van der Waals surface area (Å²) in [4.78, 5) is 14.4. The summed E-state index contributed by atoms with van der Waals surface area (Å²) >= 11 is 5.94. The van der Waals surface area contributed by atoms with Gasteiger partial charge in [0.05, 0.1) is 24.8 Å². The van der Waals surface area contributed by atoms with Gasteiger partial charge in [-0.05, 0) is 31.5 Å². The quantitative estimate of drug-likeness (QED) is 0.882. The number of carbonyl (C=O) groups is 1. The standard InChI is InChI=1S/C17H22ClN3O2/c1-11-15(12(2)20-19-11)9-17(22)21(3)16(10-23-4)13-5-7-14(18)8-6-13/h5-8,16H,9-10H2,1-4H3,(H,19,20)/t16-/m0/s1. The molecule has 0 aliphatic carbocycles. The molecule has 0 aliphatic rings. The molecule has 1 aromatic carbocycles. The molecule has 0 unspecified atom stereocenters. The molecular formula is C17H22ClN3O2. The van der Waals surface area contributed by atoms with Crippen molar-refractivity contribution in [1.29, 1.82) is 0 Å². The number of aromatic amines is 1. The van der Waals surface area contributed by atoms with Gasteiger partial charge in [0, 0.05) is 30.4 Å². The lowest BCUT2D eigenvalue weighted by Crippen LogP contribution is -2.35. The van der Waals surface area contributed by atoms with E-state index in [0.717, 1.165) is 22.5 Å². The molecular weight excluding hydrogens is 314 g/mol. The summed E-state index contributed by atoms with van der Waals surface area (Å²) in [6, 6.07) is 7.33. The van der Waals surface area contributed by atoms with Crippen LogP contribution in [0.5, 0.6) is 0 Å². The zero-order chi connectivity index (χ0) is 17.0. The van der Waals surface area contributed by atoms with Crippen LogP contribution in [0.2, 0.25) is 5.02 Å². The van der Waals surface area contributed by atoms with Crippen LogP contribution in [-0.4, -0.2) is 41.8 Å². The molecule has 0 saturated carbocycles. The molecule has 0 bridgehead atoms. The van der Waals surface area contributed by atoms with E-state index in [1.165, 1.54) is 0 Å². The van der Waals surface area contributed by atoms with E-state index in [1.54, 1.807) is 19.1 Å². The van der Waals surface area contributed by atoms with Crippen LogP contribution >= 0.6 is 11.6 Å². The summed E-state index contributed by atoms with van der Waals surface area (Å²) in [6.07, 6.45) is 0.318. The Labute approximate surface area is 141 Å². The molecule has 0 saturated heterocycles. The summed E-state index contributed by atoms with van der Waals surface area (Å²) in [5.41, 5.74) is 3.74. The first kappa shape index (κ1) is 17.5. The molecule has 1 N–H and O–H groups in total. The van der Waals surface area contributed by atoms with Crippen molar-refractivity contribution in [2.75, 3.05) is 20.8 Å². The summed E-state index contributed by atoms with van der Waals surface area (Å²) in [6.45, 7) is 4.25. The number of benzene rings is 1. The number of aryl methyl sites for hydroxylation is 2. The summed E-state index contributed by atoms with van der Waals surface area (Å²) in [5.74, 6) is 0.0228. The molecule has 1 heterocycles. The van der Waals surface area contributed by atoms with Gasteiger partial charge in [-0.1, -0.05) is 23.7 Å². The lowest BCUT2D eigenvalue weighted by Gasteiger charge is -2.28. The molecule has 1 amide bonds. The zero-order valence-electron chi connectivity index (χ0n) is 13.9. The van der Waals surface area contributed by atoms with Crippen molar-refractivity contribution in [1.82, 2.24) is 15.1 Å². The van der Waals surface area contributed by atoms with Gasteiger partial charge in [-0.3, -0.25) is 9.89 Å². The maximum absolute atomic E-state index is 12.7. The van der Waals surface area contributed by atoms with Crippen LogP contribution < -0.4 is 0 Å². The van der Waals surface area contributed by atoms with Gasteiger partial charge in [0.25, 0.3) is 0 Å². The molecule has 2 rings (SSSR count). The Morgan fingerprint density at radius 1 is 1.35 bits per heavy atom. The second kappa shape index (κ2) is 7.62. The van der Waals surface area contributed by atoms with Crippen molar-refractivity contribution >= 4 is 17.5 Å². The summed E-state index contributed by atoms with van der Waals surface area (Å²) in [7, 11) is 3.43. The van der Waals surface area contributed by atoms with Crippen LogP contribution in [-0.2, 0) is 16.0 Å². The molecule has 1 atom stereocenters. The van der Waals surface area contributed by atoms with Crippen molar-refractivity contribution < 1.29 is 9.53 Å². The number of hydrogen-bond acceptors (Lipinski definition) is 3. The minimum absolute atomic E-state index is 0.0228. The highest BCUT2D eigenvalue weighted by Gasteiger charge is 2.23. The number of halogens is 1. The van der Waals surface area contributed by atoms with Gasteiger partial charge in [0.1, 0.15) is 0 Å². The molecule has 1 aromatic heterocycles. The topological polar surface area (TPSA) is 58.2 Å². The minimum atomic E-state index is -0.155. The van der Waals surface area contributed by atoms with E-state index in [0.29, 0.717) is 18.1 Å². The second-order valence-corrected chi connectivity index (χ2v) is 6.05. The van der Waals surface area contributed by atoms with E-state index >= 15 is 0 Å². The highest BCUT2D eigenvalue weighted by molar-refractivity contribution is 6.30. The summed E-state index contributed by atoms with van der Waals surface area (Å²) < 4.78 is 5.30. The second-order valence-electron chi connectivity index (χ2n) is 5.62. The zero-order valence-corrected chi connectivity index (χ0v) is 14.6. The van der Waals surface area contributed by atoms with Crippen LogP contribution in [0.25, 0.3) is 0 Å². The van der Waals surface area contributed by atoms with Gasteiger partial charge in [0.2, 0.25) is 5.91 Å². The Morgan fingerprint density at radius 3 is 2.52 bits per heavy atom. The molecule has 0 aliphatic heterocycles. The Kier molecular flexibility index (Phi) is 5.80. The minimum Gasteiger partial charge on any atom is -0.382 e. The molecule has 5 nitrogen and oxygen atoms in total. The van der Waals surface area contributed by atoms with Gasteiger partial charge in [-0.2, -0.15) is 5.10 Å². The fraction of sp³-hybridized carbons (Fsp3) is 0.412. The van der Waals surface area contributed by atoms with Gasteiger partial charge < -0.3 is 9.64 Å². The van der Waals surface area contributed by atoms with Gasteiger partial charge >= 0.3 is 0 Å². The number of ether oxygens (including phenoxy) is 1. The molecule has 0 fully saturated rings. The monoisotopic (exact) mass is 335 g/mol. The Hall–Kier alpha value is -1.85. The number of amides is 1. The number of methoxy groups -OCH3 is 1. The Morgan fingerprint density at radius 2 is 2.00 bits per heavy atom. The van der Waals surface area contributed by atoms with Crippen molar-refractivity contribution in [3.63, 3.8) is 0 Å². The highest BCUT2D eigenvalue weighted by atomic mass is 35.5. The molecule has 0 spiro atoms. The predicted octanol–water partition coefficient (Wildman–Crippen LogP) is 3.07. The number of nitrogens with zero attached hydrogens (tertiary/aromatic N) is 2. The molecule has 124 valence electrons. The van der Waals surface area contributed by atoms with Gasteiger partial charge in [-0.15, -0.1) is 0 Å². The van der Waals surface area contributed by atoms with Crippen LogP contribution in [0.3, 0.4) is 0 Å². The maximum Gasteiger partial charge on any atom is 0.227 e.